The Hall–Kier alpha value is -2.74. The number of hydrogen-bond donors (Lipinski definition) is 0. The molecule has 168 valence electrons. The summed E-state index contributed by atoms with van der Waals surface area (Å²) < 4.78 is 39.4. The summed E-state index contributed by atoms with van der Waals surface area (Å²) in [5.41, 5.74) is 0.230. The first-order chi connectivity index (χ1) is 15.2. The van der Waals surface area contributed by atoms with Gasteiger partial charge in [0.05, 0.1) is 22.7 Å². The Labute approximate surface area is 189 Å². The quantitative estimate of drug-likeness (QED) is 0.558. The van der Waals surface area contributed by atoms with E-state index >= 15 is 0 Å². The van der Waals surface area contributed by atoms with E-state index in [2.05, 4.69) is 0 Å². The van der Waals surface area contributed by atoms with E-state index in [0.29, 0.717) is 17.8 Å². The van der Waals surface area contributed by atoms with Gasteiger partial charge in [0, 0.05) is 23.6 Å². The van der Waals surface area contributed by atoms with Crippen LogP contribution in [0.4, 0.5) is 18.9 Å². The Morgan fingerprint density at radius 2 is 1.94 bits per heavy atom. The van der Waals surface area contributed by atoms with Crippen molar-refractivity contribution in [3.63, 3.8) is 0 Å². The predicted octanol–water partition coefficient (Wildman–Crippen LogP) is 5.63. The van der Waals surface area contributed by atoms with Crippen molar-refractivity contribution in [3.8, 4) is 0 Å². The number of para-hydroxylation sites is 1. The molecule has 32 heavy (non-hydrogen) atoms. The molecule has 0 aromatic heterocycles. The van der Waals surface area contributed by atoms with Gasteiger partial charge in [-0.2, -0.15) is 13.2 Å². The summed E-state index contributed by atoms with van der Waals surface area (Å²) >= 11 is 1.22. The zero-order valence-corrected chi connectivity index (χ0v) is 18.4. The smallest absolute Gasteiger partial charge is 0.336 e. The van der Waals surface area contributed by atoms with Crippen molar-refractivity contribution in [2.24, 2.45) is 0 Å². The van der Waals surface area contributed by atoms with Gasteiger partial charge >= 0.3 is 6.18 Å². The largest absolute Gasteiger partial charge is 0.416 e. The first-order valence-corrected chi connectivity index (χ1v) is 11.3. The lowest BCUT2D eigenvalue weighted by Crippen LogP contribution is -2.42. The van der Waals surface area contributed by atoms with Gasteiger partial charge in [-0.3, -0.25) is 9.59 Å². The van der Waals surface area contributed by atoms with Gasteiger partial charge in [0.1, 0.15) is 0 Å². The molecule has 0 saturated carbocycles. The molecule has 0 N–H and O–H groups in total. The number of amides is 2. The van der Waals surface area contributed by atoms with E-state index in [4.69, 9.17) is 0 Å². The third kappa shape index (κ3) is 4.70. The van der Waals surface area contributed by atoms with Crippen LogP contribution in [-0.2, 0) is 22.3 Å². The van der Waals surface area contributed by atoms with E-state index in [9.17, 15) is 22.8 Å². The minimum Gasteiger partial charge on any atom is -0.336 e. The molecule has 0 radical (unpaired) electrons. The van der Waals surface area contributed by atoms with E-state index < -0.39 is 11.7 Å². The summed E-state index contributed by atoms with van der Waals surface area (Å²) in [5.74, 6) is -0.587. The monoisotopic (exact) mass is 460 g/mol. The minimum absolute atomic E-state index is 0.0219. The van der Waals surface area contributed by atoms with Crippen molar-refractivity contribution in [2.45, 2.75) is 49.8 Å². The Kier molecular flexibility index (Phi) is 6.33. The number of nitrogens with zero attached hydrogens (tertiary/aromatic N) is 2. The molecule has 4 nitrogen and oxygen atoms in total. The second-order valence-electron chi connectivity index (χ2n) is 8.04. The lowest BCUT2D eigenvalue weighted by atomic mass is 10.0. The summed E-state index contributed by atoms with van der Waals surface area (Å²) in [6.07, 6.45) is -0.138. The predicted molar refractivity (Wildman–Crippen MR) is 118 cm³/mol. The van der Waals surface area contributed by atoms with Crippen molar-refractivity contribution in [1.82, 2.24) is 4.90 Å². The zero-order valence-electron chi connectivity index (χ0n) is 17.6. The molecule has 1 saturated heterocycles. The summed E-state index contributed by atoms with van der Waals surface area (Å²) in [5, 5.41) is 0. The lowest BCUT2D eigenvalue weighted by molar-refractivity contribution is -0.137. The van der Waals surface area contributed by atoms with Crippen LogP contribution in [0, 0.1) is 0 Å². The fourth-order valence-electron chi connectivity index (χ4n) is 4.07. The molecule has 2 aromatic rings. The number of carbonyl (C=O) groups excluding carboxylic acids is 2. The highest BCUT2D eigenvalue weighted by molar-refractivity contribution is 8.04. The van der Waals surface area contributed by atoms with E-state index in [1.807, 2.05) is 19.1 Å². The molecule has 1 atom stereocenters. The number of benzene rings is 2. The van der Waals surface area contributed by atoms with E-state index in [0.717, 1.165) is 36.3 Å². The van der Waals surface area contributed by atoms with Crippen LogP contribution in [0.5, 0.6) is 0 Å². The van der Waals surface area contributed by atoms with Crippen molar-refractivity contribution in [1.29, 1.82) is 0 Å². The van der Waals surface area contributed by atoms with Crippen LogP contribution in [0.2, 0.25) is 0 Å². The van der Waals surface area contributed by atoms with Crippen LogP contribution in [0.15, 0.2) is 64.4 Å². The number of rotatable bonds is 3. The van der Waals surface area contributed by atoms with Gasteiger partial charge in [0.15, 0.2) is 0 Å². The first-order valence-electron chi connectivity index (χ1n) is 10.5. The lowest BCUT2D eigenvalue weighted by Gasteiger charge is -2.34. The molecular weight excluding hydrogens is 437 g/mol. The van der Waals surface area contributed by atoms with Crippen LogP contribution in [-0.4, -0.2) is 29.3 Å². The number of hydrogen-bond acceptors (Lipinski definition) is 3. The van der Waals surface area contributed by atoms with Crippen LogP contribution in [0.25, 0.3) is 0 Å². The van der Waals surface area contributed by atoms with Crippen molar-refractivity contribution < 1.29 is 22.8 Å². The molecule has 0 spiro atoms. The van der Waals surface area contributed by atoms with Gasteiger partial charge in [0.25, 0.3) is 5.91 Å². The minimum atomic E-state index is -4.46. The highest BCUT2D eigenvalue weighted by atomic mass is 32.2. The van der Waals surface area contributed by atoms with Crippen LogP contribution < -0.4 is 4.90 Å². The van der Waals surface area contributed by atoms with Gasteiger partial charge in [-0.15, -0.1) is 0 Å². The molecule has 2 aliphatic heterocycles. The number of thioether (sulfide) groups is 1. The molecule has 0 unspecified atom stereocenters. The Morgan fingerprint density at radius 3 is 2.69 bits per heavy atom. The SMILES string of the molecule is C[C@H]1CCCCN1C(=O)/C=C1/Sc2ccccc2N(Cc2cccc(C(F)(F)F)c2)C1=O. The van der Waals surface area contributed by atoms with E-state index in [1.165, 1.54) is 28.8 Å². The first kappa shape index (κ1) is 22.5. The van der Waals surface area contributed by atoms with E-state index in [-0.39, 0.29) is 29.3 Å². The van der Waals surface area contributed by atoms with Crippen molar-refractivity contribution in [2.75, 3.05) is 11.4 Å². The average Bonchev–Trinajstić information content (AvgIpc) is 2.76. The average molecular weight is 461 g/mol. The van der Waals surface area contributed by atoms with Gasteiger partial charge in [-0.05, 0) is 56.0 Å². The highest BCUT2D eigenvalue weighted by Gasteiger charge is 2.33. The summed E-state index contributed by atoms with van der Waals surface area (Å²) in [6.45, 7) is 2.64. The van der Waals surface area contributed by atoms with E-state index in [1.54, 1.807) is 23.1 Å². The van der Waals surface area contributed by atoms with Gasteiger partial charge in [-0.25, -0.2) is 0 Å². The molecule has 2 aromatic carbocycles. The number of fused-ring (bicyclic) bond motifs is 1. The third-order valence-electron chi connectivity index (χ3n) is 5.77. The molecule has 0 bridgehead atoms. The number of anilines is 1. The molecule has 8 heteroatoms. The molecule has 2 amide bonds. The molecule has 0 aliphatic carbocycles. The van der Waals surface area contributed by atoms with Crippen LogP contribution in [0.3, 0.4) is 0 Å². The van der Waals surface area contributed by atoms with Gasteiger partial charge in [-0.1, -0.05) is 36.0 Å². The number of piperidine rings is 1. The van der Waals surface area contributed by atoms with Crippen molar-refractivity contribution in [3.05, 3.63) is 70.6 Å². The number of halogens is 3. The van der Waals surface area contributed by atoms with Gasteiger partial charge < -0.3 is 9.80 Å². The number of likely N-dealkylation sites (tertiary alicyclic amines) is 1. The van der Waals surface area contributed by atoms with Crippen molar-refractivity contribution >= 4 is 29.3 Å². The summed E-state index contributed by atoms with van der Waals surface area (Å²) in [7, 11) is 0. The van der Waals surface area contributed by atoms with Crippen LogP contribution in [0.1, 0.15) is 37.3 Å². The second-order valence-corrected chi connectivity index (χ2v) is 9.13. The molecule has 2 aliphatic rings. The number of carbonyl (C=O) groups is 2. The Morgan fingerprint density at radius 1 is 1.16 bits per heavy atom. The Bertz CT molecular complexity index is 1070. The molecule has 1 fully saturated rings. The number of alkyl halides is 3. The molecule has 2 heterocycles. The zero-order chi connectivity index (χ0) is 22.9. The molecular formula is C24H23F3N2O2S. The second kappa shape index (κ2) is 9.02. The summed E-state index contributed by atoms with van der Waals surface area (Å²) in [6, 6.07) is 12.3. The maximum absolute atomic E-state index is 13.3. The third-order valence-corrected chi connectivity index (χ3v) is 6.85. The van der Waals surface area contributed by atoms with Crippen LogP contribution >= 0.6 is 11.8 Å². The fourth-order valence-corrected chi connectivity index (χ4v) is 5.09. The summed E-state index contributed by atoms with van der Waals surface area (Å²) in [4.78, 5) is 30.5. The maximum atomic E-state index is 13.3. The highest BCUT2D eigenvalue weighted by Crippen LogP contribution is 2.42. The Balaban J connectivity index is 1.65. The normalized spacial score (nSPS) is 20.4. The molecule has 4 rings (SSSR count). The maximum Gasteiger partial charge on any atom is 0.416 e. The standard InChI is InChI=1S/C24H23F3N2O2S/c1-16-7-4-5-12-28(16)22(30)14-21-23(31)29(19-10-2-3-11-20(19)32-21)15-17-8-6-9-18(13-17)24(25,26)27/h2-3,6,8-11,13-14,16H,4-5,7,12,15H2,1H3/b21-14+/t16-/m0/s1. The topological polar surface area (TPSA) is 40.6 Å². The van der Waals surface area contributed by atoms with Gasteiger partial charge in [0.2, 0.25) is 5.91 Å². The fraction of sp³-hybridized carbons (Fsp3) is 0.333.